The fourth-order valence-electron chi connectivity index (χ4n) is 2.63. The summed E-state index contributed by atoms with van der Waals surface area (Å²) in [5, 5.41) is 10.9. The highest BCUT2D eigenvalue weighted by molar-refractivity contribution is 6.34. The second-order valence-electron chi connectivity index (χ2n) is 6.01. The predicted molar refractivity (Wildman–Crippen MR) is 117 cm³/mol. The summed E-state index contributed by atoms with van der Waals surface area (Å²) in [5.74, 6) is -0.309. The maximum absolute atomic E-state index is 12.8. The maximum Gasteiger partial charge on any atom is 0.258 e. The van der Waals surface area contributed by atoms with E-state index in [4.69, 9.17) is 42.1 Å². The van der Waals surface area contributed by atoms with Crippen molar-refractivity contribution in [1.29, 1.82) is 0 Å². The molecule has 1 amide bonds. The molecular formula is C20H21Cl2N3O6. The lowest BCUT2D eigenvalue weighted by molar-refractivity contribution is -0.126. The van der Waals surface area contributed by atoms with Crippen LogP contribution in [0, 0.1) is 0 Å². The number of azo groups is 1. The maximum atomic E-state index is 12.8. The summed E-state index contributed by atoms with van der Waals surface area (Å²) in [6, 6.07) is 4.73. The standard InChI is InChI=1S/C20H21Cl2N3O6/c1-10(26)15(24-25-17-13(28-2)8-7-12(22)18(17)30-4)20(27)23-16-11(21)6-9-14(29-3)19(16)31-5/h6-9,15H,1-5H3,(H,23,27). The van der Waals surface area contributed by atoms with Crippen LogP contribution >= 0.6 is 23.2 Å². The fourth-order valence-corrected chi connectivity index (χ4v) is 3.05. The van der Waals surface area contributed by atoms with Gasteiger partial charge in [-0.1, -0.05) is 23.2 Å². The number of carbonyl (C=O) groups is 2. The van der Waals surface area contributed by atoms with Crippen LogP contribution in [0.2, 0.25) is 10.0 Å². The average molecular weight is 470 g/mol. The second kappa shape index (κ2) is 10.8. The minimum atomic E-state index is -1.49. The Hall–Kier alpha value is -3.04. The van der Waals surface area contributed by atoms with E-state index >= 15 is 0 Å². The van der Waals surface area contributed by atoms with Crippen LogP contribution in [0.5, 0.6) is 23.0 Å². The zero-order valence-electron chi connectivity index (χ0n) is 17.5. The number of nitrogens with one attached hydrogen (secondary N) is 1. The molecule has 166 valence electrons. The van der Waals surface area contributed by atoms with Gasteiger partial charge in [-0.05, 0) is 31.2 Å². The summed E-state index contributed by atoms with van der Waals surface area (Å²) in [4.78, 5) is 25.0. The normalized spacial score (nSPS) is 11.7. The smallest absolute Gasteiger partial charge is 0.258 e. The molecule has 2 aromatic rings. The van der Waals surface area contributed by atoms with Gasteiger partial charge in [-0.2, -0.15) is 5.11 Å². The molecule has 1 unspecified atom stereocenters. The number of anilines is 1. The predicted octanol–water partition coefficient (Wildman–Crippen LogP) is 4.71. The molecule has 0 radical (unpaired) electrons. The first-order valence-corrected chi connectivity index (χ1v) is 9.57. The largest absolute Gasteiger partial charge is 0.494 e. The molecule has 2 rings (SSSR count). The van der Waals surface area contributed by atoms with Gasteiger partial charge >= 0.3 is 0 Å². The summed E-state index contributed by atoms with van der Waals surface area (Å²) in [6.45, 7) is 1.21. The van der Waals surface area contributed by atoms with E-state index in [1.54, 1.807) is 18.2 Å². The second-order valence-corrected chi connectivity index (χ2v) is 6.82. The molecule has 11 heteroatoms. The first-order valence-electron chi connectivity index (χ1n) is 8.82. The lowest BCUT2D eigenvalue weighted by Crippen LogP contribution is -2.32. The van der Waals surface area contributed by atoms with Crippen LogP contribution in [0.15, 0.2) is 34.5 Å². The van der Waals surface area contributed by atoms with E-state index in [0.717, 1.165) is 0 Å². The molecule has 1 atom stereocenters. The number of ketones is 1. The van der Waals surface area contributed by atoms with Gasteiger partial charge in [-0.15, -0.1) is 5.11 Å². The van der Waals surface area contributed by atoms with Crippen LogP contribution in [0.4, 0.5) is 11.4 Å². The van der Waals surface area contributed by atoms with Gasteiger partial charge in [0.2, 0.25) is 6.04 Å². The Morgan fingerprint density at radius 3 is 2.00 bits per heavy atom. The number of hydrogen-bond donors (Lipinski definition) is 1. The van der Waals surface area contributed by atoms with E-state index in [9.17, 15) is 9.59 Å². The molecule has 0 spiro atoms. The van der Waals surface area contributed by atoms with Crippen molar-refractivity contribution in [2.75, 3.05) is 33.8 Å². The third-order valence-electron chi connectivity index (χ3n) is 4.12. The number of nitrogens with zero attached hydrogens (tertiary/aromatic N) is 2. The van der Waals surface area contributed by atoms with E-state index in [2.05, 4.69) is 15.5 Å². The number of benzene rings is 2. The molecule has 0 aliphatic carbocycles. The first-order chi connectivity index (χ1) is 14.8. The number of rotatable bonds is 9. The molecular weight excluding hydrogens is 449 g/mol. The zero-order valence-corrected chi connectivity index (χ0v) is 19.0. The molecule has 0 aliphatic rings. The Morgan fingerprint density at radius 1 is 0.871 bits per heavy atom. The van der Waals surface area contributed by atoms with E-state index in [0.29, 0.717) is 11.5 Å². The van der Waals surface area contributed by atoms with Gasteiger partial charge in [0.1, 0.15) is 11.4 Å². The van der Waals surface area contributed by atoms with Gasteiger partial charge in [0, 0.05) is 0 Å². The van der Waals surface area contributed by atoms with Gasteiger partial charge in [-0.25, -0.2) is 0 Å². The highest BCUT2D eigenvalue weighted by Crippen LogP contribution is 2.43. The van der Waals surface area contributed by atoms with Crippen LogP contribution in [-0.2, 0) is 9.59 Å². The minimum absolute atomic E-state index is 0.132. The highest BCUT2D eigenvalue weighted by Gasteiger charge is 2.27. The van der Waals surface area contributed by atoms with Gasteiger partial charge < -0.3 is 24.3 Å². The number of methoxy groups -OCH3 is 4. The Balaban J connectivity index is 2.43. The third kappa shape index (κ3) is 5.36. The topological polar surface area (TPSA) is 108 Å². The molecule has 0 bridgehead atoms. The van der Waals surface area contributed by atoms with Gasteiger partial charge in [0.05, 0.1) is 38.5 Å². The van der Waals surface area contributed by atoms with Gasteiger partial charge in [-0.3, -0.25) is 9.59 Å². The number of Topliss-reactive ketones (excluding diaryl/α,β-unsaturated/α-hetero) is 1. The Bertz CT molecular complexity index is 1010. The molecule has 9 nitrogen and oxygen atoms in total. The van der Waals surface area contributed by atoms with Gasteiger partial charge in [0.15, 0.2) is 28.7 Å². The van der Waals surface area contributed by atoms with Crippen LogP contribution in [-0.4, -0.2) is 46.2 Å². The summed E-state index contributed by atoms with van der Waals surface area (Å²) in [7, 11) is 5.65. The number of halogens is 2. The summed E-state index contributed by atoms with van der Waals surface area (Å²) >= 11 is 12.3. The highest BCUT2D eigenvalue weighted by atomic mass is 35.5. The molecule has 0 heterocycles. The Labute approximate surface area is 189 Å². The van der Waals surface area contributed by atoms with Crippen LogP contribution in [0.1, 0.15) is 6.92 Å². The van der Waals surface area contributed by atoms with Crippen molar-refractivity contribution in [1.82, 2.24) is 0 Å². The van der Waals surface area contributed by atoms with Crippen LogP contribution in [0.3, 0.4) is 0 Å². The molecule has 0 fully saturated rings. The minimum Gasteiger partial charge on any atom is -0.494 e. The number of hydrogen-bond acceptors (Lipinski definition) is 8. The number of carbonyl (C=O) groups excluding carboxylic acids is 2. The number of ether oxygens (including phenoxy) is 4. The van der Waals surface area contributed by atoms with Crippen molar-refractivity contribution in [2.24, 2.45) is 10.2 Å². The summed E-state index contributed by atoms with van der Waals surface area (Å²) in [6.07, 6.45) is 0. The molecule has 0 saturated carbocycles. The molecule has 1 N–H and O–H groups in total. The van der Waals surface area contributed by atoms with E-state index in [1.807, 2.05) is 0 Å². The van der Waals surface area contributed by atoms with E-state index in [1.165, 1.54) is 41.4 Å². The zero-order chi connectivity index (χ0) is 23.1. The lowest BCUT2D eigenvalue weighted by atomic mass is 10.2. The molecule has 0 aliphatic heterocycles. The van der Waals surface area contributed by atoms with Crippen molar-refractivity contribution in [2.45, 2.75) is 13.0 Å². The lowest BCUT2D eigenvalue weighted by Gasteiger charge is -2.16. The van der Waals surface area contributed by atoms with Gasteiger partial charge in [0.25, 0.3) is 5.91 Å². The van der Waals surface area contributed by atoms with Crippen molar-refractivity contribution in [3.05, 3.63) is 34.3 Å². The quantitative estimate of drug-likeness (QED) is 0.420. The van der Waals surface area contributed by atoms with Crippen molar-refractivity contribution < 1.29 is 28.5 Å². The first kappa shape index (κ1) is 24.2. The molecule has 2 aromatic carbocycles. The van der Waals surface area contributed by atoms with E-state index in [-0.39, 0.29) is 32.9 Å². The Kier molecular flexibility index (Phi) is 8.47. The summed E-state index contributed by atoms with van der Waals surface area (Å²) in [5.41, 5.74) is 0.265. The summed E-state index contributed by atoms with van der Waals surface area (Å²) < 4.78 is 21.0. The van der Waals surface area contributed by atoms with Crippen molar-refractivity contribution in [3.8, 4) is 23.0 Å². The van der Waals surface area contributed by atoms with Crippen molar-refractivity contribution >= 4 is 46.3 Å². The molecule has 0 aromatic heterocycles. The van der Waals surface area contributed by atoms with Crippen LogP contribution in [0.25, 0.3) is 0 Å². The van der Waals surface area contributed by atoms with Crippen LogP contribution < -0.4 is 24.3 Å². The fraction of sp³-hybridized carbons (Fsp3) is 0.300. The van der Waals surface area contributed by atoms with E-state index < -0.39 is 17.7 Å². The van der Waals surface area contributed by atoms with Crippen molar-refractivity contribution in [3.63, 3.8) is 0 Å². The molecule has 31 heavy (non-hydrogen) atoms. The SMILES string of the molecule is COc1ccc(Cl)c(OC)c1N=NC(C(C)=O)C(=O)Nc1c(Cl)ccc(OC)c1OC. The number of amides is 1. The third-order valence-corrected chi connectivity index (χ3v) is 4.73. The Morgan fingerprint density at radius 2 is 1.45 bits per heavy atom. The average Bonchev–Trinajstić information content (AvgIpc) is 2.75. The monoisotopic (exact) mass is 469 g/mol. The molecule has 0 saturated heterocycles.